The van der Waals surface area contributed by atoms with Crippen molar-refractivity contribution in [2.45, 2.75) is 63.4 Å². The van der Waals surface area contributed by atoms with E-state index in [1.165, 1.54) is 17.4 Å². The molecule has 166 valence electrons. The Bertz CT molecular complexity index is 1040. The van der Waals surface area contributed by atoms with Gasteiger partial charge in [0.15, 0.2) is 5.65 Å². The van der Waals surface area contributed by atoms with Crippen LogP contribution in [0.1, 0.15) is 61.4 Å². The molecule has 0 aliphatic carbocycles. The van der Waals surface area contributed by atoms with Crippen LogP contribution in [0.5, 0.6) is 0 Å². The van der Waals surface area contributed by atoms with Gasteiger partial charge in [-0.15, -0.1) is 0 Å². The molecule has 3 aromatic heterocycles. The Kier molecular flexibility index (Phi) is 10.5. The number of benzene rings is 1. The minimum absolute atomic E-state index is 0. The lowest BCUT2D eigenvalue weighted by molar-refractivity contribution is 0.537. The van der Waals surface area contributed by atoms with Crippen LogP contribution in [0.15, 0.2) is 36.5 Å². The number of aryl methyl sites for hydroxylation is 1. The minimum atomic E-state index is 0. The van der Waals surface area contributed by atoms with E-state index in [0.717, 1.165) is 52.8 Å². The lowest BCUT2D eigenvalue weighted by atomic mass is 10.1. The standard InChI is InChI=1S/C21H25N5.4CH4/c1-13(2)6-8-22-12-15-4-5-18-16(10-15)11-19(26-18)17-7-9-23-21-20(17)24-14(3)25-21;;;;/h4-5,7,9-11,13,22,26H,6,8,12H2,1-3H3,(H,23,24,25);4*1H4. The van der Waals surface area contributed by atoms with Gasteiger partial charge in [-0.1, -0.05) is 49.6 Å². The molecule has 5 nitrogen and oxygen atoms in total. The van der Waals surface area contributed by atoms with Crippen LogP contribution in [0.3, 0.4) is 0 Å². The molecule has 30 heavy (non-hydrogen) atoms. The van der Waals surface area contributed by atoms with E-state index in [9.17, 15) is 0 Å². The predicted molar refractivity (Wildman–Crippen MR) is 134 cm³/mol. The van der Waals surface area contributed by atoms with Crippen LogP contribution in [0.25, 0.3) is 33.3 Å². The van der Waals surface area contributed by atoms with E-state index in [4.69, 9.17) is 0 Å². The van der Waals surface area contributed by atoms with Crippen molar-refractivity contribution in [2.24, 2.45) is 5.92 Å². The Morgan fingerprint density at radius 2 is 1.77 bits per heavy atom. The largest absolute Gasteiger partial charge is 0.354 e. The summed E-state index contributed by atoms with van der Waals surface area (Å²) in [4.78, 5) is 15.6. The van der Waals surface area contributed by atoms with Crippen molar-refractivity contribution < 1.29 is 0 Å². The van der Waals surface area contributed by atoms with Crippen molar-refractivity contribution in [1.82, 2.24) is 25.3 Å². The lowest BCUT2D eigenvalue weighted by Crippen LogP contribution is -2.16. The molecule has 1 aromatic carbocycles. The summed E-state index contributed by atoms with van der Waals surface area (Å²) < 4.78 is 0. The molecule has 0 unspecified atom stereocenters. The highest BCUT2D eigenvalue weighted by Crippen LogP contribution is 2.29. The third-order valence-corrected chi connectivity index (χ3v) is 4.71. The number of nitrogens with zero attached hydrogens (tertiary/aromatic N) is 2. The van der Waals surface area contributed by atoms with E-state index in [0.29, 0.717) is 0 Å². The van der Waals surface area contributed by atoms with Crippen molar-refractivity contribution >= 4 is 22.1 Å². The van der Waals surface area contributed by atoms with Crippen molar-refractivity contribution in [3.8, 4) is 11.3 Å². The second-order valence-electron chi connectivity index (χ2n) is 7.34. The highest BCUT2D eigenvalue weighted by atomic mass is 15.0. The van der Waals surface area contributed by atoms with E-state index in [-0.39, 0.29) is 29.7 Å². The van der Waals surface area contributed by atoms with Gasteiger partial charge < -0.3 is 15.3 Å². The van der Waals surface area contributed by atoms with Crippen LogP contribution in [0.4, 0.5) is 0 Å². The van der Waals surface area contributed by atoms with Crippen molar-refractivity contribution in [2.75, 3.05) is 6.54 Å². The smallest absolute Gasteiger partial charge is 0.178 e. The molecule has 0 amide bonds. The summed E-state index contributed by atoms with van der Waals surface area (Å²) >= 11 is 0. The third kappa shape index (κ3) is 5.70. The van der Waals surface area contributed by atoms with Gasteiger partial charge >= 0.3 is 0 Å². The Morgan fingerprint density at radius 3 is 2.50 bits per heavy atom. The molecule has 0 fully saturated rings. The summed E-state index contributed by atoms with van der Waals surface area (Å²) in [6.45, 7) is 8.43. The van der Waals surface area contributed by atoms with E-state index in [1.807, 2.05) is 19.2 Å². The quantitative estimate of drug-likeness (QED) is 0.296. The SMILES string of the molecule is C.C.C.C.Cc1nc2nccc(-c3cc4cc(CNCCC(C)C)ccc4[nH]3)c2[nH]1. The van der Waals surface area contributed by atoms with Crippen LogP contribution in [0.2, 0.25) is 0 Å². The molecule has 0 aliphatic heterocycles. The van der Waals surface area contributed by atoms with E-state index in [2.05, 4.69) is 63.4 Å². The number of aromatic amines is 2. The molecule has 3 heterocycles. The second-order valence-corrected chi connectivity index (χ2v) is 7.34. The van der Waals surface area contributed by atoms with Crippen molar-refractivity contribution in [3.63, 3.8) is 0 Å². The second kappa shape index (κ2) is 11.5. The van der Waals surface area contributed by atoms with Gasteiger partial charge in [-0.25, -0.2) is 9.97 Å². The number of imidazole rings is 1. The summed E-state index contributed by atoms with van der Waals surface area (Å²) in [5.74, 6) is 1.62. The molecule has 4 rings (SSSR count). The zero-order valence-corrected chi connectivity index (χ0v) is 15.6. The molecule has 0 radical (unpaired) electrons. The first kappa shape index (κ1) is 27.3. The number of aromatic nitrogens is 4. The molecular formula is C25H41N5. The van der Waals surface area contributed by atoms with Crippen molar-refractivity contribution in [3.05, 3.63) is 47.9 Å². The number of rotatable bonds is 6. The average Bonchev–Trinajstić information content (AvgIpc) is 3.19. The maximum atomic E-state index is 4.43. The monoisotopic (exact) mass is 411 g/mol. The topological polar surface area (TPSA) is 69.4 Å². The summed E-state index contributed by atoms with van der Waals surface area (Å²) in [6, 6.07) is 10.8. The molecule has 0 bridgehead atoms. The molecule has 0 saturated heterocycles. The number of pyridine rings is 1. The highest BCUT2D eigenvalue weighted by molar-refractivity contribution is 5.94. The Labute approximate surface area is 182 Å². The van der Waals surface area contributed by atoms with Crippen LogP contribution in [-0.2, 0) is 6.54 Å². The average molecular weight is 412 g/mol. The molecule has 3 N–H and O–H groups in total. The number of fused-ring (bicyclic) bond motifs is 2. The first-order chi connectivity index (χ1) is 12.6. The summed E-state index contributed by atoms with van der Waals surface area (Å²) in [6.07, 6.45) is 3.02. The Hall–Kier alpha value is -2.66. The molecule has 0 spiro atoms. The van der Waals surface area contributed by atoms with Gasteiger partial charge in [-0.05, 0) is 55.6 Å². The van der Waals surface area contributed by atoms with E-state index in [1.54, 1.807) is 0 Å². The van der Waals surface area contributed by atoms with E-state index >= 15 is 0 Å². The summed E-state index contributed by atoms with van der Waals surface area (Å²) in [7, 11) is 0. The van der Waals surface area contributed by atoms with Gasteiger partial charge in [0.05, 0.1) is 5.52 Å². The first-order valence-electron chi connectivity index (χ1n) is 9.24. The van der Waals surface area contributed by atoms with Gasteiger partial charge in [0.2, 0.25) is 0 Å². The van der Waals surface area contributed by atoms with Gasteiger partial charge in [0, 0.05) is 34.9 Å². The van der Waals surface area contributed by atoms with Gasteiger partial charge in [0.25, 0.3) is 0 Å². The van der Waals surface area contributed by atoms with E-state index < -0.39 is 0 Å². The third-order valence-electron chi connectivity index (χ3n) is 4.71. The number of nitrogens with one attached hydrogen (secondary N) is 3. The lowest BCUT2D eigenvalue weighted by Gasteiger charge is -2.07. The number of hydrogen-bond acceptors (Lipinski definition) is 3. The zero-order valence-electron chi connectivity index (χ0n) is 15.6. The molecule has 0 saturated carbocycles. The van der Waals surface area contributed by atoms with Crippen molar-refractivity contribution in [1.29, 1.82) is 0 Å². The molecule has 4 aromatic rings. The number of H-pyrrole nitrogens is 2. The van der Waals surface area contributed by atoms with Crippen LogP contribution >= 0.6 is 0 Å². The van der Waals surface area contributed by atoms with Gasteiger partial charge in [0.1, 0.15) is 5.82 Å². The Balaban J connectivity index is 0.00000210. The van der Waals surface area contributed by atoms with Gasteiger partial charge in [-0.3, -0.25) is 0 Å². The molecule has 0 aliphatic rings. The summed E-state index contributed by atoms with van der Waals surface area (Å²) in [5, 5.41) is 4.76. The maximum Gasteiger partial charge on any atom is 0.178 e. The molecular weight excluding hydrogens is 370 g/mol. The number of hydrogen-bond donors (Lipinski definition) is 3. The zero-order chi connectivity index (χ0) is 18.1. The minimum Gasteiger partial charge on any atom is -0.354 e. The predicted octanol–water partition coefficient (Wildman–Crippen LogP) is 7.09. The fourth-order valence-electron chi connectivity index (χ4n) is 3.31. The normalized spacial score (nSPS) is 10.3. The van der Waals surface area contributed by atoms with Crippen LogP contribution in [0, 0.1) is 12.8 Å². The summed E-state index contributed by atoms with van der Waals surface area (Å²) in [5.41, 5.74) is 6.38. The van der Waals surface area contributed by atoms with Gasteiger partial charge in [-0.2, -0.15) is 0 Å². The highest BCUT2D eigenvalue weighted by Gasteiger charge is 2.11. The fraction of sp³-hybridized carbons (Fsp3) is 0.440. The molecule has 5 heteroatoms. The first-order valence-corrected chi connectivity index (χ1v) is 9.24. The fourth-order valence-corrected chi connectivity index (χ4v) is 3.31. The Morgan fingerprint density at radius 1 is 1.00 bits per heavy atom. The maximum absolute atomic E-state index is 4.43. The van der Waals surface area contributed by atoms with Crippen LogP contribution < -0.4 is 5.32 Å². The van der Waals surface area contributed by atoms with Crippen LogP contribution in [-0.4, -0.2) is 26.5 Å². The molecule has 0 atom stereocenters.